The number of sulfonamides is 1. The number of benzene rings is 2. The Hall–Kier alpha value is -2.95. The standard InChI is InChI=1S/C22H23N3O3S/c1-17-5-4-14-25(16-17)29(27,28)21-11-9-20(10-12-21)24-22(26)13-8-18-6-2-3-7-19(18)15-23/h2-3,6-13,17H,4-5,14,16H2,1H3,(H,24,26)/b13-8+. The lowest BCUT2D eigenvalue weighted by Gasteiger charge is -2.30. The third-order valence-corrected chi connectivity index (χ3v) is 6.75. The molecular weight excluding hydrogens is 386 g/mol. The van der Waals surface area contributed by atoms with Crippen LogP contribution in [-0.4, -0.2) is 31.7 Å². The van der Waals surface area contributed by atoms with Gasteiger partial charge in [-0.2, -0.15) is 9.57 Å². The van der Waals surface area contributed by atoms with Crippen LogP contribution in [0, 0.1) is 17.2 Å². The van der Waals surface area contributed by atoms with Gasteiger partial charge in [0.15, 0.2) is 0 Å². The molecule has 29 heavy (non-hydrogen) atoms. The van der Waals surface area contributed by atoms with Crippen LogP contribution >= 0.6 is 0 Å². The van der Waals surface area contributed by atoms with Crippen LogP contribution in [0.15, 0.2) is 59.5 Å². The third-order valence-electron chi connectivity index (χ3n) is 4.87. The molecule has 6 nitrogen and oxygen atoms in total. The van der Waals surface area contributed by atoms with Gasteiger partial charge in [0.1, 0.15) is 0 Å². The van der Waals surface area contributed by atoms with E-state index in [1.807, 2.05) is 0 Å². The van der Waals surface area contributed by atoms with Gasteiger partial charge in [-0.1, -0.05) is 25.1 Å². The van der Waals surface area contributed by atoms with Crippen molar-refractivity contribution in [3.05, 3.63) is 65.7 Å². The Morgan fingerprint density at radius 3 is 2.62 bits per heavy atom. The van der Waals surface area contributed by atoms with E-state index in [0.717, 1.165) is 12.8 Å². The molecule has 2 aromatic rings. The molecule has 1 saturated heterocycles. The number of nitriles is 1. The molecule has 1 aliphatic rings. The normalized spacial score (nSPS) is 17.7. The first-order valence-electron chi connectivity index (χ1n) is 9.48. The summed E-state index contributed by atoms with van der Waals surface area (Å²) >= 11 is 0. The molecule has 3 rings (SSSR count). The highest BCUT2D eigenvalue weighted by atomic mass is 32.2. The first-order chi connectivity index (χ1) is 13.9. The number of nitrogens with one attached hydrogen (secondary N) is 1. The largest absolute Gasteiger partial charge is 0.323 e. The number of nitrogens with zero attached hydrogens (tertiary/aromatic N) is 2. The summed E-state index contributed by atoms with van der Waals surface area (Å²) < 4.78 is 27.1. The number of carbonyl (C=O) groups is 1. The number of hydrogen-bond donors (Lipinski definition) is 1. The highest BCUT2D eigenvalue weighted by Crippen LogP contribution is 2.24. The first kappa shape index (κ1) is 20.8. The molecule has 2 aromatic carbocycles. The van der Waals surface area contributed by atoms with E-state index in [0.29, 0.717) is 35.8 Å². The molecule has 0 spiro atoms. The average molecular weight is 410 g/mol. The molecule has 0 aliphatic carbocycles. The maximum Gasteiger partial charge on any atom is 0.248 e. The Morgan fingerprint density at radius 2 is 1.93 bits per heavy atom. The predicted molar refractivity (Wildman–Crippen MR) is 112 cm³/mol. The molecule has 0 radical (unpaired) electrons. The highest BCUT2D eigenvalue weighted by molar-refractivity contribution is 7.89. The lowest BCUT2D eigenvalue weighted by molar-refractivity contribution is -0.111. The fraction of sp³-hybridized carbons (Fsp3) is 0.273. The summed E-state index contributed by atoms with van der Waals surface area (Å²) in [6, 6.07) is 15.2. The molecule has 1 atom stereocenters. The molecular formula is C22H23N3O3S. The Kier molecular flexibility index (Phi) is 6.47. The van der Waals surface area contributed by atoms with E-state index in [1.54, 1.807) is 42.5 Å². The van der Waals surface area contributed by atoms with E-state index < -0.39 is 10.0 Å². The fourth-order valence-electron chi connectivity index (χ4n) is 3.32. The molecule has 1 unspecified atom stereocenters. The number of carbonyl (C=O) groups excluding carboxylic acids is 1. The number of amides is 1. The van der Waals surface area contributed by atoms with Crippen LogP contribution in [0.5, 0.6) is 0 Å². The quantitative estimate of drug-likeness (QED) is 0.764. The van der Waals surface area contributed by atoms with Crippen LogP contribution in [0.3, 0.4) is 0 Å². The van der Waals surface area contributed by atoms with Gasteiger partial charge in [-0.05, 0) is 60.7 Å². The van der Waals surface area contributed by atoms with E-state index in [1.165, 1.54) is 22.5 Å². The summed E-state index contributed by atoms with van der Waals surface area (Å²) in [7, 11) is -3.52. The molecule has 0 bridgehead atoms. The van der Waals surface area contributed by atoms with Gasteiger partial charge in [0.25, 0.3) is 0 Å². The van der Waals surface area contributed by atoms with Crippen molar-refractivity contribution in [2.24, 2.45) is 5.92 Å². The molecule has 7 heteroatoms. The van der Waals surface area contributed by atoms with Crippen molar-refractivity contribution in [2.75, 3.05) is 18.4 Å². The van der Waals surface area contributed by atoms with Crippen molar-refractivity contribution in [1.29, 1.82) is 5.26 Å². The minimum atomic E-state index is -3.52. The Bertz CT molecular complexity index is 1050. The SMILES string of the molecule is CC1CCCN(S(=O)(=O)c2ccc(NC(=O)/C=C/c3ccccc3C#N)cc2)C1. The number of anilines is 1. The summed E-state index contributed by atoms with van der Waals surface area (Å²) in [5, 5.41) is 11.8. The molecule has 150 valence electrons. The Balaban J connectivity index is 1.66. The van der Waals surface area contributed by atoms with Crippen molar-refractivity contribution in [2.45, 2.75) is 24.7 Å². The van der Waals surface area contributed by atoms with Gasteiger partial charge in [0, 0.05) is 24.9 Å². The second-order valence-corrected chi connectivity index (χ2v) is 9.09. The van der Waals surface area contributed by atoms with Gasteiger partial charge < -0.3 is 5.32 Å². The molecule has 1 aliphatic heterocycles. The van der Waals surface area contributed by atoms with Gasteiger partial charge in [-0.25, -0.2) is 8.42 Å². The predicted octanol–water partition coefficient (Wildman–Crippen LogP) is 3.63. The lowest BCUT2D eigenvalue weighted by Crippen LogP contribution is -2.39. The van der Waals surface area contributed by atoms with Crippen LogP contribution in [0.1, 0.15) is 30.9 Å². The van der Waals surface area contributed by atoms with Crippen LogP contribution in [-0.2, 0) is 14.8 Å². The minimum Gasteiger partial charge on any atom is -0.323 e. The number of rotatable bonds is 5. The third kappa shape index (κ3) is 5.11. The fourth-order valence-corrected chi connectivity index (χ4v) is 4.92. The van der Waals surface area contributed by atoms with Crippen molar-refractivity contribution >= 4 is 27.7 Å². The van der Waals surface area contributed by atoms with Crippen molar-refractivity contribution < 1.29 is 13.2 Å². The van der Waals surface area contributed by atoms with E-state index in [9.17, 15) is 13.2 Å². The number of piperidine rings is 1. The summed E-state index contributed by atoms with van der Waals surface area (Å²) in [6.07, 6.45) is 4.83. The van der Waals surface area contributed by atoms with Crippen molar-refractivity contribution in [1.82, 2.24) is 4.31 Å². The monoisotopic (exact) mass is 409 g/mol. The van der Waals surface area contributed by atoms with Crippen LogP contribution in [0.2, 0.25) is 0 Å². The summed E-state index contributed by atoms with van der Waals surface area (Å²) in [6.45, 7) is 3.14. The van der Waals surface area contributed by atoms with E-state index in [2.05, 4.69) is 18.3 Å². The average Bonchev–Trinajstić information content (AvgIpc) is 2.73. The Morgan fingerprint density at radius 1 is 1.21 bits per heavy atom. The van der Waals surface area contributed by atoms with Crippen molar-refractivity contribution in [3.63, 3.8) is 0 Å². The zero-order valence-electron chi connectivity index (χ0n) is 16.2. The lowest BCUT2D eigenvalue weighted by atomic mass is 10.0. The minimum absolute atomic E-state index is 0.225. The topological polar surface area (TPSA) is 90.3 Å². The molecule has 1 heterocycles. The zero-order chi connectivity index (χ0) is 20.9. The second kappa shape index (κ2) is 9.03. The molecule has 0 aromatic heterocycles. The van der Waals surface area contributed by atoms with E-state index in [4.69, 9.17) is 5.26 Å². The van der Waals surface area contributed by atoms with Gasteiger partial charge in [0.2, 0.25) is 15.9 Å². The summed E-state index contributed by atoms with van der Waals surface area (Å²) in [4.78, 5) is 12.4. The van der Waals surface area contributed by atoms with Crippen LogP contribution in [0.4, 0.5) is 5.69 Å². The molecule has 0 saturated carbocycles. The van der Waals surface area contributed by atoms with Gasteiger partial charge in [-0.3, -0.25) is 4.79 Å². The van der Waals surface area contributed by atoms with Crippen LogP contribution in [0.25, 0.3) is 6.08 Å². The first-order valence-corrected chi connectivity index (χ1v) is 10.9. The zero-order valence-corrected chi connectivity index (χ0v) is 17.0. The molecule has 1 amide bonds. The second-order valence-electron chi connectivity index (χ2n) is 7.16. The summed E-state index contributed by atoms with van der Waals surface area (Å²) in [5.41, 5.74) is 1.64. The molecule has 1 fully saturated rings. The molecule has 1 N–H and O–H groups in total. The summed E-state index contributed by atoms with van der Waals surface area (Å²) in [5.74, 6) is -0.00626. The smallest absolute Gasteiger partial charge is 0.248 e. The maximum atomic E-state index is 12.8. The van der Waals surface area contributed by atoms with Gasteiger partial charge in [-0.15, -0.1) is 0 Å². The number of hydrogen-bond acceptors (Lipinski definition) is 4. The Labute approximate surface area is 171 Å². The van der Waals surface area contributed by atoms with E-state index in [-0.39, 0.29) is 10.8 Å². The van der Waals surface area contributed by atoms with Crippen LogP contribution < -0.4 is 5.32 Å². The highest BCUT2D eigenvalue weighted by Gasteiger charge is 2.28. The van der Waals surface area contributed by atoms with Crippen molar-refractivity contribution in [3.8, 4) is 6.07 Å². The van der Waals surface area contributed by atoms with Gasteiger partial charge in [0.05, 0.1) is 16.5 Å². The van der Waals surface area contributed by atoms with E-state index >= 15 is 0 Å². The maximum absolute atomic E-state index is 12.8. The van der Waals surface area contributed by atoms with Gasteiger partial charge >= 0.3 is 0 Å².